The summed E-state index contributed by atoms with van der Waals surface area (Å²) in [6, 6.07) is 0.495. The predicted molar refractivity (Wildman–Crippen MR) is 70.5 cm³/mol. The maximum atomic E-state index is 11.9. The molecule has 0 spiro atoms. The van der Waals surface area contributed by atoms with E-state index in [1.165, 1.54) is 6.42 Å². The quantitative estimate of drug-likeness (QED) is 0.778. The van der Waals surface area contributed by atoms with Crippen LogP contribution in [0.3, 0.4) is 0 Å². The van der Waals surface area contributed by atoms with E-state index in [1.54, 1.807) is 0 Å². The highest BCUT2D eigenvalue weighted by atomic mass is 16.3. The summed E-state index contributed by atoms with van der Waals surface area (Å²) in [6.45, 7) is 7.53. The van der Waals surface area contributed by atoms with Crippen molar-refractivity contribution in [2.75, 3.05) is 32.7 Å². The molecule has 104 valence electrons. The second-order valence-electron chi connectivity index (χ2n) is 6.15. The van der Waals surface area contributed by atoms with E-state index in [9.17, 15) is 9.90 Å². The zero-order chi connectivity index (χ0) is 13.2. The summed E-state index contributed by atoms with van der Waals surface area (Å²) in [7, 11) is 0. The molecule has 2 amide bonds. The van der Waals surface area contributed by atoms with Crippen molar-refractivity contribution in [3.8, 4) is 0 Å². The lowest BCUT2D eigenvalue weighted by Crippen LogP contribution is -2.55. The first kappa shape index (κ1) is 13.6. The second kappa shape index (κ2) is 5.45. The SMILES string of the molecule is CC(C)(O)CN1CCN(C(=O)NC2CCC2)CC1. The van der Waals surface area contributed by atoms with Gasteiger partial charge in [0.1, 0.15) is 0 Å². The monoisotopic (exact) mass is 255 g/mol. The molecule has 2 N–H and O–H groups in total. The first-order valence-corrected chi connectivity index (χ1v) is 6.94. The van der Waals surface area contributed by atoms with Gasteiger partial charge in [0, 0.05) is 38.8 Å². The van der Waals surface area contributed by atoms with Gasteiger partial charge in [0.25, 0.3) is 0 Å². The molecule has 0 aromatic carbocycles. The summed E-state index contributed by atoms with van der Waals surface area (Å²) in [5, 5.41) is 12.8. The molecule has 2 fully saturated rings. The smallest absolute Gasteiger partial charge is 0.317 e. The number of carbonyl (C=O) groups is 1. The summed E-state index contributed by atoms with van der Waals surface area (Å²) in [5.74, 6) is 0. The molecule has 0 aromatic heterocycles. The highest BCUT2D eigenvalue weighted by molar-refractivity contribution is 5.74. The van der Waals surface area contributed by atoms with Crippen LogP contribution in [0.25, 0.3) is 0 Å². The van der Waals surface area contributed by atoms with E-state index in [-0.39, 0.29) is 6.03 Å². The number of hydrogen-bond donors (Lipinski definition) is 2. The summed E-state index contributed by atoms with van der Waals surface area (Å²) >= 11 is 0. The Kier molecular flexibility index (Phi) is 4.12. The van der Waals surface area contributed by atoms with Gasteiger partial charge in [0.05, 0.1) is 5.60 Å². The molecular weight excluding hydrogens is 230 g/mol. The van der Waals surface area contributed by atoms with E-state index >= 15 is 0 Å². The van der Waals surface area contributed by atoms with Crippen molar-refractivity contribution in [1.82, 2.24) is 15.1 Å². The molecule has 5 heteroatoms. The molecule has 1 saturated heterocycles. The van der Waals surface area contributed by atoms with Crippen LogP contribution in [0.5, 0.6) is 0 Å². The minimum Gasteiger partial charge on any atom is -0.389 e. The van der Waals surface area contributed by atoms with E-state index in [0.29, 0.717) is 12.6 Å². The molecule has 2 rings (SSSR count). The van der Waals surface area contributed by atoms with Gasteiger partial charge in [-0.2, -0.15) is 0 Å². The lowest BCUT2D eigenvalue weighted by atomic mass is 9.93. The zero-order valence-corrected chi connectivity index (χ0v) is 11.5. The Hall–Kier alpha value is -0.810. The number of nitrogens with zero attached hydrogens (tertiary/aromatic N) is 2. The van der Waals surface area contributed by atoms with E-state index in [2.05, 4.69) is 10.2 Å². The van der Waals surface area contributed by atoms with Gasteiger partial charge in [-0.05, 0) is 33.1 Å². The van der Waals surface area contributed by atoms with Crippen LogP contribution >= 0.6 is 0 Å². The molecule has 2 aliphatic rings. The summed E-state index contributed by atoms with van der Waals surface area (Å²) < 4.78 is 0. The molecule has 1 heterocycles. The first-order valence-electron chi connectivity index (χ1n) is 6.94. The van der Waals surface area contributed by atoms with Gasteiger partial charge < -0.3 is 15.3 Å². The Balaban J connectivity index is 1.70. The molecule has 5 nitrogen and oxygen atoms in total. The maximum Gasteiger partial charge on any atom is 0.317 e. The van der Waals surface area contributed by atoms with Crippen LogP contribution in [0.15, 0.2) is 0 Å². The molecule has 1 aliphatic carbocycles. The Morgan fingerprint density at radius 3 is 2.33 bits per heavy atom. The fourth-order valence-electron chi connectivity index (χ4n) is 2.47. The van der Waals surface area contributed by atoms with Crippen molar-refractivity contribution in [1.29, 1.82) is 0 Å². The average molecular weight is 255 g/mol. The van der Waals surface area contributed by atoms with Crippen LogP contribution in [-0.2, 0) is 0 Å². The topological polar surface area (TPSA) is 55.8 Å². The number of aliphatic hydroxyl groups is 1. The van der Waals surface area contributed by atoms with E-state index in [4.69, 9.17) is 0 Å². The van der Waals surface area contributed by atoms with E-state index in [1.807, 2.05) is 18.7 Å². The molecule has 1 aliphatic heterocycles. The van der Waals surface area contributed by atoms with Gasteiger partial charge in [-0.1, -0.05) is 0 Å². The van der Waals surface area contributed by atoms with Crippen LogP contribution in [0.2, 0.25) is 0 Å². The highest BCUT2D eigenvalue weighted by Gasteiger charge is 2.27. The lowest BCUT2D eigenvalue weighted by Gasteiger charge is -2.38. The third-order valence-electron chi connectivity index (χ3n) is 3.70. The zero-order valence-electron chi connectivity index (χ0n) is 11.5. The number of β-amino-alcohol motifs (C(OH)–C–C–N with tert-alkyl or cyclic N) is 1. The predicted octanol–water partition coefficient (Wildman–Crippen LogP) is 0.637. The van der Waals surface area contributed by atoms with Gasteiger partial charge >= 0.3 is 6.03 Å². The molecule has 0 atom stereocenters. The summed E-state index contributed by atoms with van der Waals surface area (Å²) in [5.41, 5.74) is -0.656. The van der Waals surface area contributed by atoms with Gasteiger partial charge in [-0.25, -0.2) is 4.79 Å². The molecule has 18 heavy (non-hydrogen) atoms. The molecule has 1 saturated carbocycles. The van der Waals surface area contributed by atoms with E-state index in [0.717, 1.165) is 39.0 Å². The average Bonchev–Trinajstić information content (AvgIpc) is 2.22. The van der Waals surface area contributed by atoms with Crippen LogP contribution in [0.4, 0.5) is 4.79 Å². The number of carbonyl (C=O) groups excluding carboxylic acids is 1. The number of rotatable bonds is 3. The lowest BCUT2D eigenvalue weighted by molar-refractivity contribution is 0.0222. The minimum absolute atomic E-state index is 0.0857. The van der Waals surface area contributed by atoms with Crippen molar-refractivity contribution in [2.24, 2.45) is 0 Å². The van der Waals surface area contributed by atoms with Crippen molar-refractivity contribution in [2.45, 2.75) is 44.8 Å². The molecule has 0 radical (unpaired) electrons. The van der Waals surface area contributed by atoms with Crippen molar-refractivity contribution in [3.63, 3.8) is 0 Å². The van der Waals surface area contributed by atoms with Crippen LogP contribution < -0.4 is 5.32 Å². The van der Waals surface area contributed by atoms with Crippen LogP contribution in [-0.4, -0.2) is 65.3 Å². The third kappa shape index (κ3) is 3.85. The fourth-order valence-corrected chi connectivity index (χ4v) is 2.47. The highest BCUT2D eigenvalue weighted by Crippen LogP contribution is 2.18. The Morgan fingerprint density at radius 2 is 1.89 bits per heavy atom. The van der Waals surface area contributed by atoms with Crippen molar-refractivity contribution >= 4 is 6.03 Å². The number of amides is 2. The number of hydrogen-bond acceptors (Lipinski definition) is 3. The number of piperazine rings is 1. The normalized spacial score (nSPS) is 22.7. The van der Waals surface area contributed by atoms with Gasteiger partial charge in [0.15, 0.2) is 0 Å². The molecule has 0 unspecified atom stereocenters. The maximum absolute atomic E-state index is 11.9. The molecule has 0 bridgehead atoms. The van der Waals surface area contributed by atoms with E-state index < -0.39 is 5.60 Å². The summed E-state index contributed by atoms with van der Waals surface area (Å²) in [4.78, 5) is 16.0. The third-order valence-corrected chi connectivity index (χ3v) is 3.70. The van der Waals surface area contributed by atoms with Gasteiger partial charge in [-0.15, -0.1) is 0 Å². The largest absolute Gasteiger partial charge is 0.389 e. The van der Waals surface area contributed by atoms with Gasteiger partial charge in [0.2, 0.25) is 0 Å². The van der Waals surface area contributed by atoms with Gasteiger partial charge in [-0.3, -0.25) is 4.90 Å². The first-order chi connectivity index (χ1) is 8.44. The fraction of sp³-hybridized carbons (Fsp3) is 0.923. The molecule has 0 aromatic rings. The summed E-state index contributed by atoms with van der Waals surface area (Å²) in [6.07, 6.45) is 3.50. The Bertz CT molecular complexity index is 289. The van der Waals surface area contributed by atoms with Crippen LogP contribution in [0, 0.1) is 0 Å². The van der Waals surface area contributed by atoms with Crippen molar-refractivity contribution < 1.29 is 9.90 Å². The number of urea groups is 1. The Labute approximate surface area is 109 Å². The standard InChI is InChI=1S/C13H25N3O2/c1-13(2,18)10-15-6-8-16(9-7-15)12(17)14-11-4-3-5-11/h11,18H,3-10H2,1-2H3,(H,14,17). The second-order valence-corrected chi connectivity index (χ2v) is 6.15. The molecular formula is C13H25N3O2. The van der Waals surface area contributed by atoms with Crippen LogP contribution in [0.1, 0.15) is 33.1 Å². The minimum atomic E-state index is -0.656. The number of nitrogens with one attached hydrogen (secondary N) is 1. The van der Waals surface area contributed by atoms with Crippen molar-refractivity contribution in [3.05, 3.63) is 0 Å². The Morgan fingerprint density at radius 1 is 1.28 bits per heavy atom.